The zero-order valence-electron chi connectivity index (χ0n) is 7.61. The number of ether oxygens (including phenoxy) is 1. The van der Waals surface area contributed by atoms with Crippen molar-refractivity contribution in [2.24, 2.45) is 5.92 Å². The molecule has 0 radical (unpaired) electrons. The summed E-state index contributed by atoms with van der Waals surface area (Å²) >= 11 is 5.48. The Balaban J connectivity index is 2.80. The van der Waals surface area contributed by atoms with Crippen LogP contribution in [0.4, 0.5) is 0 Å². The fraction of sp³-hybridized carbons (Fsp3) is 1.00. The van der Waals surface area contributed by atoms with Crippen LogP contribution in [0.2, 0.25) is 0 Å². The monoisotopic (exact) mass is 178 g/mol. The van der Waals surface area contributed by atoms with Crippen LogP contribution in [0.5, 0.6) is 0 Å². The van der Waals surface area contributed by atoms with Crippen LogP contribution < -0.4 is 0 Å². The molecule has 0 bridgehead atoms. The highest BCUT2D eigenvalue weighted by molar-refractivity contribution is 6.17. The second-order valence-electron chi connectivity index (χ2n) is 3.19. The summed E-state index contributed by atoms with van der Waals surface area (Å²) in [5, 5.41) is 0. The van der Waals surface area contributed by atoms with E-state index in [0.717, 1.165) is 25.6 Å². The van der Waals surface area contributed by atoms with Gasteiger partial charge in [0.05, 0.1) is 0 Å². The molecule has 0 aliphatic heterocycles. The minimum Gasteiger partial charge on any atom is -0.381 e. The molecule has 68 valence electrons. The Morgan fingerprint density at radius 1 is 1.18 bits per heavy atom. The zero-order valence-corrected chi connectivity index (χ0v) is 8.36. The largest absolute Gasteiger partial charge is 0.381 e. The van der Waals surface area contributed by atoms with Crippen molar-refractivity contribution < 1.29 is 4.74 Å². The van der Waals surface area contributed by atoms with Gasteiger partial charge in [-0.15, -0.1) is 11.6 Å². The molecule has 0 rings (SSSR count). The van der Waals surface area contributed by atoms with Gasteiger partial charge in [0.25, 0.3) is 0 Å². The van der Waals surface area contributed by atoms with E-state index in [2.05, 4.69) is 13.8 Å². The molecule has 0 aliphatic carbocycles. The summed E-state index contributed by atoms with van der Waals surface area (Å²) in [6.07, 6.45) is 3.42. The molecule has 0 fully saturated rings. The van der Waals surface area contributed by atoms with Gasteiger partial charge in [-0.3, -0.25) is 0 Å². The average Bonchev–Trinajstić information content (AvgIpc) is 1.96. The normalized spacial score (nSPS) is 10.9. The van der Waals surface area contributed by atoms with Gasteiger partial charge in [0, 0.05) is 19.1 Å². The van der Waals surface area contributed by atoms with Gasteiger partial charge in [0.1, 0.15) is 0 Å². The van der Waals surface area contributed by atoms with Crippen LogP contribution >= 0.6 is 11.6 Å². The van der Waals surface area contributed by atoms with Crippen molar-refractivity contribution in [3.63, 3.8) is 0 Å². The van der Waals surface area contributed by atoms with Gasteiger partial charge < -0.3 is 4.74 Å². The number of hydrogen-bond donors (Lipinski definition) is 0. The van der Waals surface area contributed by atoms with E-state index in [-0.39, 0.29) is 0 Å². The quantitative estimate of drug-likeness (QED) is 0.430. The number of alkyl halides is 1. The second kappa shape index (κ2) is 8.35. The first-order chi connectivity index (χ1) is 5.27. The van der Waals surface area contributed by atoms with Gasteiger partial charge >= 0.3 is 0 Å². The molecule has 0 spiro atoms. The van der Waals surface area contributed by atoms with Crippen molar-refractivity contribution in [3.8, 4) is 0 Å². The molecule has 2 heteroatoms. The average molecular weight is 179 g/mol. The van der Waals surface area contributed by atoms with Crippen molar-refractivity contribution in [1.29, 1.82) is 0 Å². The van der Waals surface area contributed by atoms with Crippen LogP contribution in [0.3, 0.4) is 0 Å². The van der Waals surface area contributed by atoms with Gasteiger partial charge in [0.2, 0.25) is 0 Å². The minimum atomic E-state index is 0.712. The summed E-state index contributed by atoms with van der Waals surface area (Å²) in [4.78, 5) is 0. The van der Waals surface area contributed by atoms with Crippen molar-refractivity contribution in [1.82, 2.24) is 0 Å². The van der Waals surface area contributed by atoms with E-state index in [1.807, 2.05) is 0 Å². The lowest BCUT2D eigenvalue weighted by atomic mass is 10.1. The van der Waals surface area contributed by atoms with E-state index >= 15 is 0 Å². The van der Waals surface area contributed by atoms with Crippen LogP contribution in [0.25, 0.3) is 0 Å². The smallest absolute Gasteiger partial charge is 0.0477 e. The predicted molar refractivity (Wildman–Crippen MR) is 50.2 cm³/mol. The molecule has 0 aromatic carbocycles. The highest BCUT2D eigenvalue weighted by atomic mass is 35.5. The SMILES string of the molecule is CC(C)CCCOCCCCl. The summed E-state index contributed by atoms with van der Waals surface area (Å²) in [6.45, 7) is 6.19. The van der Waals surface area contributed by atoms with Crippen LogP contribution in [0, 0.1) is 5.92 Å². The predicted octanol–water partition coefficient (Wildman–Crippen LogP) is 3.07. The summed E-state index contributed by atoms with van der Waals surface area (Å²) < 4.78 is 5.34. The van der Waals surface area contributed by atoms with E-state index < -0.39 is 0 Å². The third-order valence-corrected chi connectivity index (χ3v) is 1.76. The Morgan fingerprint density at radius 2 is 1.82 bits per heavy atom. The highest BCUT2D eigenvalue weighted by Crippen LogP contribution is 2.03. The summed E-state index contributed by atoms with van der Waals surface area (Å²) in [5.41, 5.74) is 0. The van der Waals surface area contributed by atoms with Gasteiger partial charge in [-0.1, -0.05) is 13.8 Å². The van der Waals surface area contributed by atoms with E-state index in [1.54, 1.807) is 0 Å². The van der Waals surface area contributed by atoms with Crippen molar-refractivity contribution >= 4 is 11.6 Å². The molecule has 0 aliphatic rings. The Labute approximate surface area is 75.1 Å². The molecule has 0 atom stereocenters. The second-order valence-corrected chi connectivity index (χ2v) is 3.57. The minimum absolute atomic E-state index is 0.712. The maximum absolute atomic E-state index is 5.48. The van der Waals surface area contributed by atoms with Gasteiger partial charge in [-0.2, -0.15) is 0 Å². The molecule has 0 saturated carbocycles. The molecule has 1 nitrogen and oxygen atoms in total. The first kappa shape index (κ1) is 11.2. The summed E-state index contributed by atoms with van der Waals surface area (Å²) in [6, 6.07) is 0. The van der Waals surface area contributed by atoms with Crippen LogP contribution in [0.15, 0.2) is 0 Å². The highest BCUT2D eigenvalue weighted by Gasteiger charge is 1.93. The molecule has 0 saturated heterocycles. The molecule has 0 N–H and O–H groups in total. The Morgan fingerprint density at radius 3 is 2.36 bits per heavy atom. The molecule has 0 aromatic heterocycles. The first-order valence-electron chi connectivity index (χ1n) is 4.41. The molecule has 11 heavy (non-hydrogen) atoms. The van der Waals surface area contributed by atoms with E-state index in [1.165, 1.54) is 12.8 Å². The van der Waals surface area contributed by atoms with Crippen LogP contribution in [0.1, 0.15) is 33.1 Å². The van der Waals surface area contributed by atoms with Crippen molar-refractivity contribution in [2.45, 2.75) is 33.1 Å². The van der Waals surface area contributed by atoms with Gasteiger partial charge in [0.15, 0.2) is 0 Å². The Bertz CT molecular complexity index is 74.0. The third kappa shape index (κ3) is 10.2. The number of hydrogen-bond acceptors (Lipinski definition) is 1. The maximum Gasteiger partial charge on any atom is 0.0477 e. The Kier molecular flexibility index (Phi) is 8.54. The van der Waals surface area contributed by atoms with E-state index in [0.29, 0.717) is 5.88 Å². The summed E-state index contributed by atoms with van der Waals surface area (Å²) in [5.74, 6) is 1.51. The van der Waals surface area contributed by atoms with E-state index in [4.69, 9.17) is 16.3 Å². The third-order valence-electron chi connectivity index (χ3n) is 1.49. The van der Waals surface area contributed by atoms with Crippen molar-refractivity contribution in [3.05, 3.63) is 0 Å². The zero-order chi connectivity index (χ0) is 8.53. The number of rotatable bonds is 7. The molecule has 0 unspecified atom stereocenters. The molecular weight excluding hydrogens is 160 g/mol. The van der Waals surface area contributed by atoms with Gasteiger partial charge in [-0.05, 0) is 25.2 Å². The van der Waals surface area contributed by atoms with Gasteiger partial charge in [-0.25, -0.2) is 0 Å². The van der Waals surface area contributed by atoms with Crippen molar-refractivity contribution in [2.75, 3.05) is 19.1 Å². The van der Waals surface area contributed by atoms with E-state index in [9.17, 15) is 0 Å². The standard InChI is InChI=1S/C9H19ClO/c1-9(2)5-3-7-11-8-4-6-10/h9H,3-8H2,1-2H3. The Hall–Kier alpha value is 0.250. The molecule has 0 heterocycles. The topological polar surface area (TPSA) is 9.23 Å². The lowest BCUT2D eigenvalue weighted by molar-refractivity contribution is 0.129. The molecule has 0 amide bonds. The van der Waals surface area contributed by atoms with Crippen LogP contribution in [-0.2, 0) is 4.74 Å². The summed E-state index contributed by atoms with van der Waals surface area (Å²) in [7, 11) is 0. The lowest BCUT2D eigenvalue weighted by Crippen LogP contribution is -1.99. The molecule has 0 aromatic rings. The van der Waals surface area contributed by atoms with Crippen LogP contribution in [-0.4, -0.2) is 19.1 Å². The fourth-order valence-corrected chi connectivity index (χ4v) is 0.961. The first-order valence-corrected chi connectivity index (χ1v) is 4.94. The fourth-order valence-electron chi connectivity index (χ4n) is 0.852. The maximum atomic E-state index is 5.48. The number of halogens is 1. The lowest BCUT2D eigenvalue weighted by Gasteiger charge is -2.04. The molecular formula is C9H19ClO.